The van der Waals surface area contributed by atoms with Crippen LogP contribution in [0.3, 0.4) is 0 Å². The molecule has 0 unspecified atom stereocenters. The van der Waals surface area contributed by atoms with Gasteiger partial charge >= 0.3 is 6.09 Å². The molecule has 92 valence electrons. The lowest BCUT2D eigenvalue weighted by Crippen LogP contribution is -2.49. The molecule has 6 heteroatoms. The van der Waals surface area contributed by atoms with Crippen molar-refractivity contribution in [1.29, 1.82) is 0 Å². The third kappa shape index (κ3) is 3.92. The summed E-state index contributed by atoms with van der Waals surface area (Å²) in [7, 11) is 0. The largest absolute Gasteiger partial charge is 0.549 e. The van der Waals surface area contributed by atoms with E-state index >= 15 is 0 Å². The molecule has 0 bridgehead atoms. The summed E-state index contributed by atoms with van der Waals surface area (Å²) in [5.41, 5.74) is -0.557. The second-order valence-corrected chi connectivity index (χ2v) is 5.92. The summed E-state index contributed by atoms with van der Waals surface area (Å²) < 4.78 is 5.17. The number of hydrogen-bond acceptors (Lipinski definition) is 5. The summed E-state index contributed by atoms with van der Waals surface area (Å²) in [5, 5.41) is 10.0. The van der Waals surface area contributed by atoms with Crippen LogP contribution in [0.15, 0.2) is 0 Å². The number of carbonyl (C=O) groups is 2. The number of thioether (sulfide) groups is 1. The number of carboxylic acids is 1. The van der Waals surface area contributed by atoms with Crippen LogP contribution in [0.4, 0.5) is 4.79 Å². The number of carbonyl (C=O) groups excluding carboxylic acids is 2. The molecule has 1 fully saturated rings. The Morgan fingerprint density at radius 2 is 2.06 bits per heavy atom. The maximum Gasteiger partial charge on any atom is 0.410 e. The van der Waals surface area contributed by atoms with E-state index in [4.69, 9.17) is 4.74 Å². The number of nitrogens with zero attached hydrogens (tertiary/aromatic N) is 1. The first-order valence-electron chi connectivity index (χ1n) is 5.10. The smallest absolute Gasteiger partial charge is 0.410 e. The van der Waals surface area contributed by atoms with Gasteiger partial charge in [0.05, 0.1) is 11.2 Å². The highest BCUT2D eigenvalue weighted by Crippen LogP contribution is 2.20. The van der Waals surface area contributed by atoms with E-state index in [2.05, 4.69) is 0 Å². The lowest BCUT2D eigenvalue weighted by atomic mass is 10.2. The molecule has 1 heterocycles. The highest BCUT2D eigenvalue weighted by atomic mass is 32.2. The van der Waals surface area contributed by atoms with Crippen molar-refractivity contribution in [3.05, 3.63) is 0 Å². The van der Waals surface area contributed by atoms with E-state index in [-0.39, 0.29) is 6.54 Å². The van der Waals surface area contributed by atoms with Gasteiger partial charge in [0.15, 0.2) is 0 Å². The second kappa shape index (κ2) is 4.95. The van der Waals surface area contributed by atoms with Gasteiger partial charge in [0.2, 0.25) is 0 Å². The monoisotopic (exact) mass is 246 g/mol. The predicted octanol–water partition coefficient (Wildman–Crippen LogP) is 0.0888. The van der Waals surface area contributed by atoms with Gasteiger partial charge in [0.25, 0.3) is 0 Å². The Morgan fingerprint density at radius 3 is 2.56 bits per heavy atom. The van der Waals surface area contributed by atoms with Gasteiger partial charge in [-0.3, -0.25) is 0 Å². The van der Waals surface area contributed by atoms with Gasteiger partial charge in [-0.05, 0) is 20.8 Å². The third-order valence-corrected chi connectivity index (χ3v) is 3.14. The van der Waals surface area contributed by atoms with Crippen molar-refractivity contribution in [2.45, 2.75) is 31.6 Å². The highest BCUT2D eigenvalue weighted by molar-refractivity contribution is 8.00. The first kappa shape index (κ1) is 13.2. The first-order valence-corrected chi connectivity index (χ1v) is 6.15. The van der Waals surface area contributed by atoms with Crippen LogP contribution in [0, 0.1) is 0 Å². The number of rotatable bonds is 1. The maximum absolute atomic E-state index is 11.7. The van der Waals surface area contributed by atoms with Crippen LogP contribution in [-0.2, 0) is 9.53 Å². The molecule has 0 aromatic carbocycles. The minimum atomic E-state index is -1.13. The zero-order chi connectivity index (χ0) is 12.3. The van der Waals surface area contributed by atoms with E-state index in [1.54, 1.807) is 20.8 Å². The van der Waals surface area contributed by atoms with Gasteiger partial charge in [-0.2, -0.15) is 0 Å². The molecule has 0 radical (unpaired) electrons. The SMILES string of the molecule is CC(C)(C)OC(=O)N1CCS[C@@H](C(=O)[O-])C1. The van der Waals surface area contributed by atoms with E-state index < -0.39 is 22.9 Å². The Hall–Kier alpha value is -0.910. The minimum Gasteiger partial charge on any atom is -0.549 e. The molecular formula is C10H16NO4S-. The van der Waals surface area contributed by atoms with Crippen LogP contribution >= 0.6 is 11.8 Å². The fourth-order valence-corrected chi connectivity index (χ4v) is 2.32. The van der Waals surface area contributed by atoms with Crippen molar-refractivity contribution in [3.63, 3.8) is 0 Å². The molecule has 5 nitrogen and oxygen atoms in total. The average molecular weight is 246 g/mol. The van der Waals surface area contributed by atoms with E-state index in [1.165, 1.54) is 16.7 Å². The third-order valence-electron chi connectivity index (χ3n) is 1.98. The van der Waals surface area contributed by atoms with E-state index in [0.29, 0.717) is 12.3 Å². The van der Waals surface area contributed by atoms with E-state index in [1.807, 2.05) is 0 Å². The number of ether oxygens (including phenoxy) is 1. The summed E-state index contributed by atoms with van der Waals surface area (Å²) >= 11 is 1.30. The molecule has 0 aliphatic carbocycles. The van der Waals surface area contributed by atoms with Crippen LogP contribution in [0.1, 0.15) is 20.8 Å². The van der Waals surface area contributed by atoms with Crippen LogP contribution < -0.4 is 5.11 Å². The molecule has 1 amide bonds. The minimum absolute atomic E-state index is 0.155. The maximum atomic E-state index is 11.7. The second-order valence-electron chi connectivity index (χ2n) is 4.60. The summed E-state index contributed by atoms with van der Waals surface area (Å²) in [6, 6.07) is 0. The fourth-order valence-electron chi connectivity index (χ4n) is 1.28. The standard InChI is InChI=1S/C10H17NO4S/c1-10(2,3)15-9(14)11-4-5-16-7(6-11)8(12)13/h7H,4-6H2,1-3H3,(H,12,13)/p-1/t7-/m1/s1. The van der Waals surface area contributed by atoms with Crippen LogP contribution in [0.2, 0.25) is 0 Å². The quantitative estimate of drug-likeness (QED) is 0.655. The van der Waals surface area contributed by atoms with Crippen LogP contribution in [0.25, 0.3) is 0 Å². The number of aliphatic carboxylic acids is 1. The fraction of sp³-hybridized carbons (Fsp3) is 0.800. The Bertz CT molecular complexity index is 287. The van der Waals surface area contributed by atoms with Crippen molar-refractivity contribution in [2.24, 2.45) is 0 Å². The molecule has 1 rings (SSSR count). The Kier molecular flexibility index (Phi) is 4.07. The molecule has 1 aliphatic heterocycles. The topological polar surface area (TPSA) is 69.7 Å². The number of amides is 1. The van der Waals surface area contributed by atoms with Crippen molar-refractivity contribution in [1.82, 2.24) is 4.90 Å². The summed E-state index contributed by atoms with van der Waals surface area (Å²) in [5.74, 6) is -0.531. The molecule has 0 saturated carbocycles. The van der Waals surface area contributed by atoms with E-state index in [0.717, 1.165) is 0 Å². The molecule has 0 spiro atoms. The van der Waals surface area contributed by atoms with Crippen molar-refractivity contribution in [3.8, 4) is 0 Å². The van der Waals surface area contributed by atoms with Gasteiger partial charge in [-0.15, -0.1) is 11.8 Å². The first-order chi connectivity index (χ1) is 7.29. The highest BCUT2D eigenvalue weighted by Gasteiger charge is 2.28. The van der Waals surface area contributed by atoms with Crippen LogP contribution in [0.5, 0.6) is 0 Å². The predicted molar refractivity (Wildman–Crippen MR) is 59.1 cm³/mol. The lowest BCUT2D eigenvalue weighted by molar-refractivity contribution is -0.304. The van der Waals surface area contributed by atoms with Gasteiger partial charge in [-0.25, -0.2) is 4.79 Å². The molecule has 0 aromatic rings. The average Bonchev–Trinajstić information content (AvgIpc) is 2.15. The summed E-state index contributed by atoms with van der Waals surface area (Å²) in [6.07, 6.45) is -0.459. The van der Waals surface area contributed by atoms with Crippen LogP contribution in [-0.4, -0.2) is 46.7 Å². The zero-order valence-electron chi connectivity index (χ0n) is 9.69. The van der Waals surface area contributed by atoms with E-state index in [9.17, 15) is 14.7 Å². The molecular weight excluding hydrogens is 230 g/mol. The summed E-state index contributed by atoms with van der Waals surface area (Å²) in [6.45, 7) is 6.00. The summed E-state index contributed by atoms with van der Waals surface area (Å²) in [4.78, 5) is 23.8. The number of hydrogen-bond donors (Lipinski definition) is 0. The molecule has 1 aliphatic rings. The van der Waals surface area contributed by atoms with Crippen molar-refractivity contribution >= 4 is 23.8 Å². The Labute approximate surface area is 99.1 Å². The molecule has 1 atom stereocenters. The van der Waals surface area contributed by atoms with Gasteiger partial charge in [0, 0.05) is 18.8 Å². The Balaban J connectivity index is 2.54. The van der Waals surface area contributed by atoms with Crippen molar-refractivity contribution in [2.75, 3.05) is 18.8 Å². The Morgan fingerprint density at radius 1 is 1.44 bits per heavy atom. The van der Waals surface area contributed by atoms with Gasteiger partial charge in [-0.1, -0.05) is 0 Å². The lowest BCUT2D eigenvalue weighted by Gasteiger charge is -2.34. The molecule has 16 heavy (non-hydrogen) atoms. The van der Waals surface area contributed by atoms with Gasteiger partial charge in [0.1, 0.15) is 5.60 Å². The van der Waals surface area contributed by atoms with Crippen molar-refractivity contribution < 1.29 is 19.4 Å². The normalized spacial score (nSPS) is 21.7. The zero-order valence-corrected chi connectivity index (χ0v) is 10.5. The molecule has 1 saturated heterocycles. The number of carboxylic acid groups (broad SMARTS) is 1. The molecule has 0 aromatic heterocycles. The molecule has 0 N–H and O–H groups in total. The van der Waals surface area contributed by atoms with Gasteiger partial charge < -0.3 is 19.5 Å².